The van der Waals surface area contributed by atoms with Gasteiger partial charge in [0.1, 0.15) is 5.82 Å². The molecule has 1 fully saturated rings. The van der Waals surface area contributed by atoms with Crippen LogP contribution in [0.15, 0.2) is 18.2 Å². The van der Waals surface area contributed by atoms with E-state index in [4.69, 9.17) is 0 Å². The third-order valence-electron chi connectivity index (χ3n) is 3.74. The van der Waals surface area contributed by atoms with Crippen LogP contribution in [0.1, 0.15) is 37.3 Å². The molecular weight excluding hydrogens is 243 g/mol. The second-order valence-corrected chi connectivity index (χ2v) is 5.28. The number of nitrogens with one attached hydrogen (secondary N) is 1. The van der Waals surface area contributed by atoms with Gasteiger partial charge in [0.05, 0.1) is 0 Å². The number of carbonyl (C=O) groups is 1. The summed E-state index contributed by atoms with van der Waals surface area (Å²) in [6.45, 7) is 4.99. The summed E-state index contributed by atoms with van der Waals surface area (Å²) in [4.78, 5) is 13.9. The van der Waals surface area contributed by atoms with Crippen LogP contribution in [0.5, 0.6) is 0 Å². The lowest BCUT2D eigenvalue weighted by molar-refractivity contribution is 0.158. The zero-order valence-corrected chi connectivity index (χ0v) is 11.6. The van der Waals surface area contributed by atoms with Gasteiger partial charge >= 0.3 is 6.03 Å². The molecule has 0 radical (unpaired) electrons. The standard InChI is InChI=1S/C15H21FN2O/c1-11-6-7-13(9-14(11)16)10-17-15(19)18-8-4-3-5-12(18)2/h6-7,9,12H,3-5,8,10H2,1-2H3,(H,17,19). The summed E-state index contributed by atoms with van der Waals surface area (Å²) < 4.78 is 13.4. The smallest absolute Gasteiger partial charge is 0.317 e. The van der Waals surface area contributed by atoms with Crippen molar-refractivity contribution in [2.45, 2.75) is 45.7 Å². The number of aryl methyl sites for hydroxylation is 1. The Morgan fingerprint density at radius 2 is 2.26 bits per heavy atom. The minimum atomic E-state index is -0.224. The molecule has 0 bridgehead atoms. The minimum absolute atomic E-state index is 0.0480. The van der Waals surface area contributed by atoms with E-state index in [0.717, 1.165) is 24.9 Å². The van der Waals surface area contributed by atoms with Crippen LogP contribution in [0.2, 0.25) is 0 Å². The monoisotopic (exact) mass is 264 g/mol. The Morgan fingerprint density at radius 3 is 2.95 bits per heavy atom. The Labute approximate surface area is 113 Å². The topological polar surface area (TPSA) is 32.3 Å². The van der Waals surface area contributed by atoms with Crippen LogP contribution in [-0.2, 0) is 6.54 Å². The molecule has 3 nitrogen and oxygen atoms in total. The van der Waals surface area contributed by atoms with E-state index < -0.39 is 0 Å². The SMILES string of the molecule is Cc1ccc(CNC(=O)N2CCCCC2C)cc1F. The second-order valence-electron chi connectivity index (χ2n) is 5.28. The number of nitrogens with zero attached hydrogens (tertiary/aromatic N) is 1. The van der Waals surface area contributed by atoms with E-state index in [1.54, 1.807) is 13.0 Å². The zero-order chi connectivity index (χ0) is 13.8. The van der Waals surface area contributed by atoms with E-state index in [-0.39, 0.29) is 11.8 Å². The number of hydrogen-bond acceptors (Lipinski definition) is 1. The molecule has 1 N–H and O–H groups in total. The summed E-state index contributed by atoms with van der Waals surface area (Å²) >= 11 is 0. The van der Waals surface area contributed by atoms with Gasteiger partial charge in [-0.05, 0) is 50.3 Å². The molecule has 0 spiro atoms. The molecule has 1 heterocycles. The Morgan fingerprint density at radius 1 is 1.47 bits per heavy atom. The van der Waals surface area contributed by atoms with Gasteiger partial charge < -0.3 is 10.2 Å². The molecule has 1 aliphatic rings. The average Bonchev–Trinajstić information content (AvgIpc) is 2.40. The lowest BCUT2D eigenvalue weighted by atomic mass is 10.0. The predicted molar refractivity (Wildman–Crippen MR) is 73.4 cm³/mol. The highest BCUT2D eigenvalue weighted by Gasteiger charge is 2.22. The van der Waals surface area contributed by atoms with Crippen molar-refractivity contribution in [2.24, 2.45) is 0 Å². The maximum absolute atomic E-state index is 13.4. The van der Waals surface area contributed by atoms with Crippen molar-refractivity contribution >= 4 is 6.03 Å². The molecule has 1 aromatic rings. The zero-order valence-electron chi connectivity index (χ0n) is 11.6. The fourth-order valence-electron chi connectivity index (χ4n) is 2.43. The molecule has 1 aliphatic heterocycles. The van der Waals surface area contributed by atoms with Crippen LogP contribution in [-0.4, -0.2) is 23.5 Å². The normalized spacial score (nSPS) is 19.3. The maximum atomic E-state index is 13.4. The number of halogens is 1. The highest BCUT2D eigenvalue weighted by Crippen LogP contribution is 2.16. The summed E-state index contributed by atoms with van der Waals surface area (Å²) in [5, 5.41) is 2.87. The number of piperidine rings is 1. The van der Waals surface area contributed by atoms with Crippen molar-refractivity contribution in [3.05, 3.63) is 35.1 Å². The van der Waals surface area contributed by atoms with Crippen molar-refractivity contribution in [1.29, 1.82) is 0 Å². The van der Waals surface area contributed by atoms with Crippen LogP contribution in [0, 0.1) is 12.7 Å². The molecule has 19 heavy (non-hydrogen) atoms. The number of urea groups is 1. The van der Waals surface area contributed by atoms with Gasteiger partial charge in [0.15, 0.2) is 0 Å². The van der Waals surface area contributed by atoms with E-state index in [0.29, 0.717) is 18.2 Å². The number of benzene rings is 1. The fraction of sp³-hybridized carbons (Fsp3) is 0.533. The second kappa shape index (κ2) is 6.04. The molecule has 4 heteroatoms. The first-order valence-electron chi connectivity index (χ1n) is 6.87. The van der Waals surface area contributed by atoms with Crippen molar-refractivity contribution in [2.75, 3.05) is 6.54 Å². The Kier molecular flexibility index (Phi) is 4.40. The van der Waals surface area contributed by atoms with E-state index in [1.165, 1.54) is 12.5 Å². The van der Waals surface area contributed by atoms with Gasteiger partial charge in [-0.25, -0.2) is 9.18 Å². The van der Waals surface area contributed by atoms with Crippen molar-refractivity contribution in [3.8, 4) is 0 Å². The predicted octanol–water partition coefficient (Wildman–Crippen LogP) is 3.22. The molecule has 1 atom stereocenters. The van der Waals surface area contributed by atoms with Gasteiger partial charge in [-0.3, -0.25) is 0 Å². The van der Waals surface area contributed by atoms with Crippen molar-refractivity contribution in [1.82, 2.24) is 10.2 Å². The van der Waals surface area contributed by atoms with Gasteiger partial charge in [-0.1, -0.05) is 12.1 Å². The Hall–Kier alpha value is -1.58. The first-order valence-corrected chi connectivity index (χ1v) is 6.87. The third kappa shape index (κ3) is 3.46. The fourth-order valence-corrected chi connectivity index (χ4v) is 2.43. The average molecular weight is 264 g/mol. The molecule has 104 valence electrons. The lowest BCUT2D eigenvalue weighted by Crippen LogP contribution is -2.47. The Bertz CT molecular complexity index is 461. The molecule has 0 aliphatic carbocycles. The lowest BCUT2D eigenvalue weighted by Gasteiger charge is -2.33. The number of rotatable bonds is 2. The van der Waals surface area contributed by atoms with Crippen LogP contribution >= 0.6 is 0 Å². The number of amides is 2. The third-order valence-corrected chi connectivity index (χ3v) is 3.74. The van der Waals surface area contributed by atoms with E-state index in [9.17, 15) is 9.18 Å². The van der Waals surface area contributed by atoms with E-state index in [2.05, 4.69) is 12.2 Å². The summed E-state index contributed by atoms with van der Waals surface area (Å²) in [7, 11) is 0. The molecular formula is C15H21FN2O. The van der Waals surface area contributed by atoms with Gasteiger partial charge in [0.2, 0.25) is 0 Å². The van der Waals surface area contributed by atoms with Gasteiger partial charge in [0.25, 0.3) is 0 Å². The molecule has 2 amide bonds. The molecule has 1 aromatic carbocycles. The van der Waals surface area contributed by atoms with Crippen molar-refractivity contribution < 1.29 is 9.18 Å². The molecule has 2 rings (SSSR count). The first-order chi connectivity index (χ1) is 9.08. The highest BCUT2D eigenvalue weighted by atomic mass is 19.1. The summed E-state index contributed by atoms with van der Waals surface area (Å²) in [6.07, 6.45) is 3.32. The largest absolute Gasteiger partial charge is 0.334 e. The van der Waals surface area contributed by atoms with E-state index in [1.807, 2.05) is 11.0 Å². The Balaban J connectivity index is 1.90. The minimum Gasteiger partial charge on any atom is -0.334 e. The number of carbonyl (C=O) groups excluding carboxylic acids is 1. The van der Waals surface area contributed by atoms with Gasteiger partial charge in [0, 0.05) is 19.1 Å². The van der Waals surface area contributed by atoms with Crippen LogP contribution in [0.3, 0.4) is 0 Å². The highest BCUT2D eigenvalue weighted by molar-refractivity contribution is 5.74. The molecule has 1 unspecified atom stereocenters. The molecule has 1 saturated heterocycles. The summed E-state index contributed by atoms with van der Waals surface area (Å²) in [5.41, 5.74) is 1.42. The quantitative estimate of drug-likeness (QED) is 0.874. The summed E-state index contributed by atoms with van der Waals surface area (Å²) in [5.74, 6) is -0.224. The van der Waals surface area contributed by atoms with Crippen LogP contribution in [0.25, 0.3) is 0 Å². The van der Waals surface area contributed by atoms with Crippen molar-refractivity contribution in [3.63, 3.8) is 0 Å². The van der Waals surface area contributed by atoms with E-state index >= 15 is 0 Å². The number of hydrogen-bond donors (Lipinski definition) is 1. The number of likely N-dealkylation sites (tertiary alicyclic amines) is 1. The maximum Gasteiger partial charge on any atom is 0.317 e. The van der Waals surface area contributed by atoms with Crippen LogP contribution in [0.4, 0.5) is 9.18 Å². The van der Waals surface area contributed by atoms with Crippen LogP contribution < -0.4 is 5.32 Å². The summed E-state index contributed by atoms with van der Waals surface area (Å²) in [6, 6.07) is 5.31. The molecule has 0 saturated carbocycles. The first kappa shape index (κ1) is 13.8. The van der Waals surface area contributed by atoms with Gasteiger partial charge in [-0.2, -0.15) is 0 Å². The van der Waals surface area contributed by atoms with Gasteiger partial charge in [-0.15, -0.1) is 0 Å². The molecule has 0 aromatic heterocycles.